The standard InChI is InChI=1S/C10H16N2O2/c1-3-14-9(13)10(2)7-12-5-4-8(10)6-11/h8,12H,3-5,7H2,1-2H3. The maximum atomic E-state index is 11.7. The van der Waals surface area contributed by atoms with E-state index in [0.717, 1.165) is 6.54 Å². The van der Waals surface area contributed by atoms with Gasteiger partial charge in [-0.05, 0) is 26.8 Å². The maximum absolute atomic E-state index is 11.7. The zero-order valence-corrected chi connectivity index (χ0v) is 8.67. The number of nitrogens with one attached hydrogen (secondary N) is 1. The van der Waals surface area contributed by atoms with Crippen molar-refractivity contribution in [2.75, 3.05) is 19.7 Å². The summed E-state index contributed by atoms with van der Waals surface area (Å²) in [5.74, 6) is -0.499. The van der Waals surface area contributed by atoms with Crippen LogP contribution < -0.4 is 5.32 Å². The second kappa shape index (κ2) is 4.43. The molecule has 1 rings (SSSR count). The van der Waals surface area contributed by atoms with Gasteiger partial charge in [-0.1, -0.05) is 0 Å². The monoisotopic (exact) mass is 196 g/mol. The fourth-order valence-electron chi connectivity index (χ4n) is 1.75. The number of carbonyl (C=O) groups excluding carboxylic acids is 1. The molecule has 4 heteroatoms. The van der Waals surface area contributed by atoms with Gasteiger partial charge in [-0.25, -0.2) is 0 Å². The van der Waals surface area contributed by atoms with Crippen LogP contribution in [0.3, 0.4) is 0 Å². The van der Waals surface area contributed by atoms with Crippen molar-refractivity contribution in [3.63, 3.8) is 0 Å². The molecule has 0 aromatic rings. The molecule has 4 nitrogen and oxygen atoms in total. The van der Waals surface area contributed by atoms with Gasteiger partial charge < -0.3 is 10.1 Å². The zero-order chi connectivity index (χ0) is 10.6. The van der Waals surface area contributed by atoms with E-state index in [1.165, 1.54) is 0 Å². The smallest absolute Gasteiger partial charge is 0.314 e. The van der Waals surface area contributed by atoms with Gasteiger partial charge in [0.2, 0.25) is 0 Å². The first-order valence-electron chi connectivity index (χ1n) is 4.92. The van der Waals surface area contributed by atoms with Gasteiger partial charge in [-0.15, -0.1) is 0 Å². The van der Waals surface area contributed by atoms with Crippen molar-refractivity contribution in [1.29, 1.82) is 5.26 Å². The number of rotatable bonds is 2. The summed E-state index contributed by atoms with van der Waals surface area (Å²) in [5, 5.41) is 12.1. The summed E-state index contributed by atoms with van der Waals surface area (Å²) < 4.78 is 4.99. The number of nitriles is 1. The Morgan fingerprint density at radius 1 is 1.79 bits per heavy atom. The van der Waals surface area contributed by atoms with Gasteiger partial charge in [0.15, 0.2) is 0 Å². The maximum Gasteiger partial charge on any atom is 0.314 e. The highest BCUT2D eigenvalue weighted by Gasteiger charge is 2.44. The first-order valence-corrected chi connectivity index (χ1v) is 4.92. The number of carbonyl (C=O) groups is 1. The molecule has 1 fully saturated rings. The average molecular weight is 196 g/mol. The number of piperidine rings is 1. The molecule has 1 heterocycles. The lowest BCUT2D eigenvalue weighted by atomic mass is 9.74. The Morgan fingerprint density at radius 3 is 3.07 bits per heavy atom. The quantitative estimate of drug-likeness (QED) is 0.660. The first kappa shape index (κ1) is 11.0. The van der Waals surface area contributed by atoms with Gasteiger partial charge in [-0.2, -0.15) is 5.26 Å². The minimum absolute atomic E-state index is 0.234. The van der Waals surface area contributed by atoms with Crippen molar-refractivity contribution in [3.8, 4) is 6.07 Å². The van der Waals surface area contributed by atoms with Crippen LogP contribution in [0.4, 0.5) is 0 Å². The number of ether oxygens (including phenoxy) is 1. The Balaban J connectivity index is 2.78. The predicted octanol–water partition coefficient (Wildman–Crippen LogP) is 0.689. The van der Waals surface area contributed by atoms with E-state index in [1.807, 2.05) is 0 Å². The molecule has 0 amide bonds. The molecule has 1 N–H and O–H groups in total. The molecule has 2 atom stereocenters. The summed E-state index contributed by atoms with van der Waals surface area (Å²) in [6.45, 7) is 5.27. The lowest BCUT2D eigenvalue weighted by Crippen LogP contribution is -2.49. The van der Waals surface area contributed by atoms with Gasteiger partial charge in [-0.3, -0.25) is 4.79 Å². The third-order valence-electron chi connectivity index (χ3n) is 2.77. The van der Waals surface area contributed by atoms with Crippen molar-refractivity contribution >= 4 is 5.97 Å². The second-order valence-corrected chi connectivity index (χ2v) is 3.79. The molecule has 0 radical (unpaired) electrons. The van der Waals surface area contributed by atoms with Crippen LogP contribution in [0.5, 0.6) is 0 Å². The summed E-state index contributed by atoms with van der Waals surface area (Å²) in [5.41, 5.74) is -0.678. The van der Waals surface area contributed by atoms with Crippen LogP contribution in [-0.2, 0) is 9.53 Å². The van der Waals surface area contributed by atoms with Crippen molar-refractivity contribution in [3.05, 3.63) is 0 Å². The van der Waals surface area contributed by atoms with Crippen LogP contribution in [0, 0.1) is 22.7 Å². The highest BCUT2D eigenvalue weighted by atomic mass is 16.5. The Bertz CT molecular complexity index is 259. The first-order chi connectivity index (χ1) is 6.65. The summed E-state index contributed by atoms with van der Waals surface area (Å²) in [4.78, 5) is 11.7. The van der Waals surface area contributed by atoms with Gasteiger partial charge in [0, 0.05) is 6.54 Å². The molecule has 0 bridgehead atoms. The molecule has 1 aliphatic heterocycles. The lowest BCUT2D eigenvalue weighted by Gasteiger charge is -2.35. The predicted molar refractivity (Wildman–Crippen MR) is 51.3 cm³/mol. The SMILES string of the molecule is CCOC(=O)C1(C)CNCCC1C#N. The minimum Gasteiger partial charge on any atom is -0.465 e. The van der Waals surface area contributed by atoms with Crippen LogP contribution in [0.25, 0.3) is 0 Å². The lowest BCUT2D eigenvalue weighted by molar-refractivity contribution is -0.157. The summed E-state index contributed by atoms with van der Waals surface area (Å²) >= 11 is 0. The van der Waals surface area contributed by atoms with Crippen molar-refractivity contribution in [2.24, 2.45) is 11.3 Å². The molecule has 2 unspecified atom stereocenters. The number of hydrogen-bond acceptors (Lipinski definition) is 4. The molecular weight excluding hydrogens is 180 g/mol. The second-order valence-electron chi connectivity index (χ2n) is 3.79. The van der Waals surface area contributed by atoms with Crippen molar-refractivity contribution in [1.82, 2.24) is 5.32 Å². The molecule has 0 aliphatic carbocycles. The molecule has 0 aromatic carbocycles. The number of esters is 1. The number of nitrogens with zero attached hydrogens (tertiary/aromatic N) is 1. The molecule has 0 spiro atoms. The third kappa shape index (κ3) is 1.88. The Labute approximate surface area is 84.2 Å². The van der Waals surface area contributed by atoms with Crippen molar-refractivity contribution < 1.29 is 9.53 Å². The van der Waals surface area contributed by atoms with Crippen LogP contribution >= 0.6 is 0 Å². The van der Waals surface area contributed by atoms with E-state index in [0.29, 0.717) is 19.6 Å². The van der Waals surface area contributed by atoms with E-state index in [4.69, 9.17) is 10.00 Å². The summed E-state index contributed by atoms with van der Waals surface area (Å²) in [7, 11) is 0. The summed E-state index contributed by atoms with van der Waals surface area (Å²) in [6, 6.07) is 2.19. The van der Waals surface area contributed by atoms with E-state index < -0.39 is 5.41 Å². The van der Waals surface area contributed by atoms with Crippen molar-refractivity contribution in [2.45, 2.75) is 20.3 Å². The normalized spacial score (nSPS) is 31.9. The van der Waals surface area contributed by atoms with Crippen LogP contribution in [-0.4, -0.2) is 25.7 Å². The molecule has 1 saturated heterocycles. The van der Waals surface area contributed by atoms with E-state index in [2.05, 4.69) is 11.4 Å². The third-order valence-corrected chi connectivity index (χ3v) is 2.77. The van der Waals surface area contributed by atoms with E-state index in [-0.39, 0.29) is 11.9 Å². The van der Waals surface area contributed by atoms with E-state index in [1.54, 1.807) is 13.8 Å². The van der Waals surface area contributed by atoms with E-state index in [9.17, 15) is 4.79 Å². The minimum atomic E-state index is -0.678. The highest BCUT2D eigenvalue weighted by Crippen LogP contribution is 2.32. The summed E-state index contributed by atoms with van der Waals surface area (Å²) in [6.07, 6.45) is 0.714. The fourth-order valence-corrected chi connectivity index (χ4v) is 1.75. The van der Waals surface area contributed by atoms with Crippen LogP contribution in [0.1, 0.15) is 20.3 Å². The molecule has 0 saturated carbocycles. The Kier molecular flexibility index (Phi) is 3.48. The topological polar surface area (TPSA) is 62.1 Å². The van der Waals surface area contributed by atoms with Crippen LogP contribution in [0.2, 0.25) is 0 Å². The molecule has 14 heavy (non-hydrogen) atoms. The number of hydrogen-bond donors (Lipinski definition) is 1. The van der Waals surface area contributed by atoms with Crippen LogP contribution in [0.15, 0.2) is 0 Å². The Morgan fingerprint density at radius 2 is 2.50 bits per heavy atom. The van der Waals surface area contributed by atoms with Gasteiger partial charge >= 0.3 is 5.97 Å². The average Bonchev–Trinajstić information content (AvgIpc) is 2.19. The molecule has 78 valence electrons. The largest absolute Gasteiger partial charge is 0.465 e. The van der Waals surface area contributed by atoms with E-state index >= 15 is 0 Å². The highest BCUT2D eigenvalue weighted by molar-refractivity contribution is 5.77. The van der Waals surface area contributed by atoms with Gasteiger partial charge in [0.25, 0.3) is 0 Å². The molecule has 0 aromatic heterocycles. The van der Waals surface area contributed by atoms with Gasteiger partial charge in [0.05, 0.1) is 24.0 Å². The molecular formula is C10H16N2O2. The fraction of sp³-hybridized carbons (Fsp3) is 0.800. The van der Waals surface area contributed by atoms with Gasteiger partial charge in [0.1, 0.15) is 0 Å². The molecule has 1 aliphatic rings. The Hall–Kier alpha value is -1.08. The zero-order valence-electron chi connectivity index (χ0n) is 8.67.